The van der Waals surface area contributed by atoms with Gasteiger partial charge in [-0.05, 0) is 46.3 Å². The molecule has 3 heteroatoms. The summed E-state index contributed by atoms with van der Waals surface area (Å²) in [6, 6.07) is 5.75. The Labute approximate surface area is 74.0 Å². The van der Waals surface area contributed by atoms with E-state index in [1.807, 2.05) is 25.1 Å². The van der Waals surface area contributed by atoms with Gasteiger partial charge in [0.15, 0.2) is 0 Å². The fraction of sp³-hybridized carbons (Fsp3) is 0.143. The molecule has 0 nitrogen and oxygen atoms in total. The van der Waals surface area contributed by atoms with Crippen molar-refractivity contribution in [2.24, 2.45) is 0 Å². The number of hydrogen-bond donors (Lipinski definition) is 0. The summed E-state index contributed by atoms with van der Waals surface area (Å²) in [5, 5.41) is 0.769. The molecule has 0 saturated carbocycles. The molecule has 0 bridgehead atoms. The molecule has 0 aliphatic heterocycles. The zero-order valence-corrected chi connectivity index (χ0v) is 7.72. The molecule has 1 rings (SSSR count). The van der Waals surface area contributed by atoms with Crippen LogP contribution in [-0.4, -0.2) is 0 Å². The van der Waals surface area contributed by atoms with Crippen molar-refractivity contribution in [3.05, 3.63) is 28.8 Å². The summed E-state index contributed by atoms with van der Waals surface area (Å²) in [4.78, 5) is 0.984. The lowest BCUT2D eigenvalue weighted by atomic mass is 10.2. The van der Waals surface area contributed by atoms with Crippen molar-refractivity contribution in [2.75, 3.05) is 0 Å². The van der Waals surface area contributed by atoms with Crippen LogP contribution in [0.5, 0.6) is 0 Å². The van der Waals surface area contributed by atoms with Crippen LogP contribution in [0.15, 0.2) is 23.1 Å². The van der Waals surface area contributed by atoms with E-state index in [9.17, 15) is 0 Å². The lowest BCUT2D eigenvalue weighted by molar-refractivity contribution is 1.38. The number of halogens is 2. The van der Waals surface area contributed by atoms with Gasteiger partial charge in [0, 0.05) is 9.92 Å². The molecule has 0 aliphatic rings. The standard InChI is InChI=1S/C7H6Cl2S/c1-5-2-3-6(10-9)4-7(5)8/h2-4H,1H3. The van der Waals surface area contributed by atoms with Gasteiger partial charge < -0.3 is 0 Å². The maximum absolute atomic E-state index is 5.82. The summed E-state index contributed by atoms with van der Waals surface area (Å²) in [6.45, 7) is 1.96. The minimum absolute atomic E-state index is 0.769. The van der Waals surface area contributed by atoms with Gasteiger partial charge in [0.1, 0.15) is 0 Å². The van der Waals surface area contributed by atoms with Crippen LogP contribution in [0.3, 0.4) is 0 Å². The van der Waals surface area contributed by atoms with Crippen molar-refractivity contribution in [3.63, 3.8) is 0 Å². The van der Waals surface area contributed by atoms with Crippen LogP contribution < -0.4 is 0 Å². The number of benzene rings is 1. The second-order valence-corrected chi connectivity index (χ2v) is 3.48. The number of aryl methyl sites for hydroxylation is 1. The molecule has 10 heavy (non-hydrogen) atoms. The summed E-state index contributed by atoms with van der Waals surface area (Å²) in [5.41, 5.74) is 1.08. The second kappa shape index (κ2) is 3.51. The third-order valence-electron chi connectivity index (χ3n) is 1.23. The molecular weight excluding hydrogens is 187 g/mol. The largest absolute Gasteiger partial charge is 0.0840 e. The van der Waals surface area contributed by atoms with Gasteiger partial charge in [-0.15, -0.1) is 0 Å². The molecule has 0 unspecified atom stereocenters. The third kappa shape index (κ3) is 1.82. The van der Waals surface area contributed by atoms with Crippen LogP contribution in [0.4, 0.5) is 0 Å². The predicted octanol–water partition coefficient (Wildman–Crippen LogP) is 3.89. The third-order valence-corrected chi connectivity index (χ3v) is 2.61. The Balaban J connectivity index is 3.04. The van der Waals surface area contributed by atoms with E-state index in [2.05, 4.69) is 0 Å². The lowest BCUT2D eigenvalue weighted by Gasteiger charge is -1.97. The Morgan fingerprint density at radius 2 is 2.10 bits per heavy atom. The lowest BCUT2D eigenvalue weighted by Crippen LogP contribution is -1.73. The molecule has 0 amide bonds. The highest BCUT2D eigenvalue weighted by atomic mass is 35.7. The van der Waals surface area contributed by atoms with Crippen LogP contribution in [0.2, 0.25) is 5.02 Å². The molecule has 0 aliphatic carbocycles. The SMILES string of the molecule is Cc1ccc(SCl)cc1Cl. The Hall–Kier alpha value is 0.150. The van der Waals surface area contributed by atoms with E-state index in [4.69, 9.17) is 22.3 Å². The molecule has 0 aromatic heterocycles. The Morgan fingerprint density at radius 3 is 2.60 bits per heavy atom. The zero-order valence-electron chi connectivity index (χ0n) is 5.40. The van der Waals surface area contributed by atoms with Crippen LogP contribution in [0, 0.1) is 6.92 Å². The first-order valence-electron chi connectivity index (χ1n) is 2.79. The van der Waals surface area contributed by atoms with Gasteiger partial charge in [-0.3, -0.25) is 0 Å². The minimum Gasteiger partial charge on any atom is -0.0840 e. The average molecular weight is 193 g/mol. The Morgan fingerprint density at radius 1 is 1.40 bits per heavy atom. The van der Waals surface area contributed by atoms with Crippen molar-refractivity contribution in [2.45, 2.75) is 11.8 Å². The maximum atomic E-state index is 5.82. The highest BCUT2D eigenvalue weighted by Gasteiger charge is 1.95. The molecule has 1 aromatic carbocycles. The maximum Gasteiger partial charge on any atom is 0.0446 e. The van der Waals surface area contributed by atoms with E-state index >= 15 is 0 Å². The zero-order chi connectivity index (χ0) is 7.56. The summed E-state index contributed by atoms with van der Waals surface area (Å²) in [7, 11) is 6.69. The van der Waals surface area contributed by atoms with Gasteiger partial charge in [-0.25, -0.2) is 0 Å². The Kier molecular flexibility index (Phi) is 2.90. The summed E-state index contributed by atoms with van der Waals surface area (Å²) >= 11 is 5.82. The fourth-order valence-corrected chi connectivity index (χ4v) is 1.44. The molecular formula is C7H6Cl2S. The normalized spacial score (nSPS) is 9.90. The topological polar surface area (TPSA) is 0 Å². The monoisotopic (exact) mass is 192 g/mol. The van der Waals surface area contributed by atoms with Crippen molar-refractivity contribution in [3.8, 4) is 0 Å². The van der Waals surface area contributed by atoms with Gasteiger partial charge in [0.2, 0.25) is 0 Å². The van der Waals surface area contributed by atoms with Crippen molar-refractivity contribution >= 4 is 33.3 Å². The van der Waals surface area contributed by atoms with Crippen LogP contribution in [0.1, 0.15) is 5.56 Å². The van der Waals surface area contributed by atoms with Gasteiger partial charge in [0.25, 0.3) is 0 Å². The molecule has 54 valence electrons. The van der Waals surface area contributed by atoms with E-state index in [-0.39, 0.29) is 0 Å². The molecule has 0 fully saturated rings. The van der Waals surface area contributed by atoms with Crippen molar-refractivity contribution in [1.29, 1.82) is 0 Å². The fourth-order valence-electron chi connectivity index (χ4n) is 0.622. The van der Waals surface area contributed by atoms with Crippen LogP contribution in [0.25, 0.3) is 0 Å². The average Bonchev–Trinajstić information content (AvgIpc) is 1.95. The summed E-state index contributed by atoms with van der Waals surface area (Å²) in [5.74, 6) is 0. The minimum atomic E-state index is 0.769. The predicted molar refractivity (Wildman–Crippen MR) is 47.9 cm³/mol. The Bertz CT molecular complexity index is 235. The second-order valence-electron chi connectivity index (χ2n) is 1.99. The summed E-state index contributed by atoms with van der Waals surface area (Å²) in [6.07, 6.45) is 0. The first-order chi connectivity index (χ1) is 4.74. The smallest absolute Gasteiger partial charge is 0.0446 e. The van der Waals surface area contributed by atoms with Crippen molar-refractivity contribution in [1.82, 2.24) is 0 Å². The van der Waals surface area contributed by atoms with E-state index < -0.39 is 0 Å². The molecule has 0 heterocycles. The van der Waals surface area contributed by atoms with E-state index in [0.29, 0.717) is 0 Å². The molecule has 0 atom stereocenters. The quantitative estimate of drug-likeness (QED) is 0.651. The van der Waals surface area contributed by atoms with Crippen LogP contribution in [-0.2, 0) is 0 Å². The molecule has 0 radical (unpaired) electrons. The van der Waals surface area contributed by atoms with E-state index in [1.165, 1.54) is 11.0 Å². The first kappa shape index (κ1) is 8.25. The molecule has 0 saturated heterocycles. The van der Waals surface area contributed by atoms with Gasteiger partial charge in [-0.2, -0.15) is 0 Å². The number of hydrogen-bond acceptors (Lipinski definition) is 1. The van der Waals surface area contributed by atoms with E-state index in [1.54, 1.807) is 0 Å². The number of rotatable bonds is 1. The van der Waals surface area contributed by atoms with Crippen molar-refractivity contribution < 1.29 is 0 Å². The van der Waals surface area contributed by atoms with Crippen LogP contribution >= 0.6 is 33.3 Å². The van der Waals surface area contributed by atoms with E-state index in [0.717, 1.165) is 15.5 Å². The van der Waals surface area contributed by atoms with Gasteiger partial charge >= 0.3 is 0 Å². The van der Waals surface area contributed by atoms with Gasteiger partial charge in [0.05, 0.1) is 0 Å². The molecule has 1 aromatic rings. The molecule has 0 spiro atoms. The first-order valence-corrected chi connectivity index (χ1v) is 4.81. The highest BCUT2D eigenvalue weighted by molar-refractivity contribution is 8.21. The van der Waals surface area contributed by atoms with Gasteiger partial charge in [-0.1, -0.05) is 17.7 Å². The molecule has 0 N–H and O–H groups in total. The highest BCUT2D eigenvalue weighted by Crippen LogP contribution is 2.26. The summed E-state index contributed by atoms with van der Waals surface area (Å²) < 4.78 is 0.